The van der Waals surface area contributed by atoms with Crippen molar-refractivity contribution in [1.29, 1.82) is 0 Å². The van der Waals surface area contributed by atoms with E-state index in [1.807, 2.05) is 29.2 Å². The van der Waals surface area contributed by atoms with E-state index in [0.29, 0.717) is 25.9 Å². The van der Waals surface area contributed by atoms with E-state index in [-0.39, 0.29) is 16.8 Å². The van der Waals surface area contributed by atoms with Crippen molar-refractivity contribution in [3.05, 3.63) is 90.0 Å². The number of anilines is 2. The van der Waals surface area contributed by atoms with Crippen LogP contribution in [0.25, 0.3) is 0 Å². The van der Waals surface area contributed by atoms with Crippen LogP contribution in [0, 0.1) is 0 Å². The van der Waals surface area contributed by atoms with Crippen LogP contribution in [0.3, 0.4) is 0 Å². The fourth-order valence-corrected chi connectivity index (χ4v) is 6.15. The van der Waals surface area contributed by atoms with Gasteiger partial charge in [-0.15, -0.1) is 0 Å². The number of hydrogen-bond acceptors (Lipinski definition) is 4. The molecule has 1 fully saturated rings. The lowest BCUT2D eigenvalue weighted by atomic mass is 9.96. The van der Waals surface area contributed by atoms with Crippen LogP contribution in [0.15, 0.2) is 83.8 Å². The number of piperidine rings is 1. The zero-order chi connectivity index (χ0) is 23.5. The lowest BCUT2D eigenvalue weighted by molar-refractivity contribution is -0.119. The third-order valence-electron chi connectivity index (χ3n) is 6.54. The van der Waals surface area contributed by atoms with Gasteiger partial charge in [0.2, 0.25) is 15.9 Å². The molecular weight excluding hydrogens is 446 g/mol. The molecule has 176 valence electrons. The number of nitrogens with one attached hydrogen (secondary N) is 1. The number of fused-ring (bicyclic) bond motifs is 1. The first kappa shape index (κ1) is 22.6. The number of carbonyl (C=O) groups excluding carboxylic acids is 1. The zero-order valence-corrected chi connectivity index (χ0v) is 19.9. The first-order chi connectivity index (χ1) is 16.5. The quantitative estimate of drug-likeness (QED) is 0.583. The number of nitrogens with zero attached hydrogens (tertiary/aromatic N) is 2. The molecular formula is C27H29N3O3S. The Bertz CT molecular complexity index is 1260. The van der Waals surface area contributed by atoms with E-state index in [4.69, 9.17) is 0 Å². The topological polar surface area (TPSA) is 69.7 Å². The summed E-state index contributed by atoms with van der Waals surface area (Å²) in [4.78, 5) is 16.9. The summed E-state index contributed by atoms with van der Waals surface area (Å²) in [6.07, 6.45) is 3.09. The summed E-state index contributed by atoms with van der Waals surface area (Å²) in [6, 6.07) is 24.6. The van der Waals surface area contributed by atoms with Crippen LogP contribution in [0.4, 0.5) is 11.4 Å². The summed E-state index contributed by atoms with van der Waals surface area (Å²) in [5, 5.41) is 0. The maximum absolute atomic E-state index is 13.1. The Morgan fingerprint density at radius 2 is 1.65 bits per heavy atom. The van der Waals surface area contributed by atoms with E-state index >= 15 is 0 Å². The van der Waals surface area contributed by atoms with Gasteiger partial charge in [0.25, 0.3) is 0 Å². The molecule has 0 radical (unpaired) electrons. The summed E-state index contributed by atoms with van der Waals surface area (Å²) in [5.41, 5.74) is 4.20. The molecule has 7 heteroatoms. The van der Waals surface area contributed by atoms with E-state index in [0.717, 1.165) is 41.9 Å². The number of hydrogen-bond donors (Lipinski definition) is 1. The molecule has 34 heavy (non-hydrogen) atoms. The number of sulfonamides is 1. The molecule has 0 saturated carbocycles. The largest absolute Gasteiger partial charge is 0.365 e. The second kappa shape index (κ2) is 9.60. The Morgan fingerprint density at radius 3 is 2.38 bits per heavy atom. The number of benzene rings is 3. The predicted octanol–water partition coefficient (Wildman–Crippen LogP) is 4.11. The van der Waals surface area contributed by atoms with Gasteiger partial charge in [-0.05, 0) is 60.7 Å². The number of carbonyl (C=O) groups is 1. The van der Waals surface area contributed by atoms with Crippen LogP contribution in [-0.2, 0) is 27.8 Å². The van der Waals surface area contributed by atoms with Crippen LogP contribution in [0.5, 0.6) is 0 Å². The highest BCUT2D eigenvalue weighted by molar-refractivity contribution is 7.89. The predicted molar refractivity (Wildman–Crippen MR) is 134 cm³/mol. The van der Waals surface area contributed by atoms with E-state index in [9.17, 15) is 13.2 Å². The second-order valence-electron chi connectivity index (χ2n) is 9.02. The van der Waals surface area contributed by atoms with Crippen molar-refractivity contribution in [3.63, 3.8) is 0 Å². The second-order valence-corrected chi connectivity index (χ2v) is 10.7. The average molecular weight is 476 g/mol. The minimum atomic E-state index is -3.64. The first-order valence-corrected chi connectivity index (χ1v) is 13.3. The van der Waals surface area contributed by atoms with Crippen LogP contribution in [0.2, 0.25) is 0 Å². The SMILES string of the molecule is O=C1CCCCN1c1ccc2c(c1)CC(NS(=O)(=O)c1ccccc1)CN2Cc1ccccc1. The Balaban J connectivity index is 1.46. The van der Waals surface area contributed by atoms with Crippen molar-refractivity contribution in [2.75, 3.05) is 22.9 Å². The van der Waals surface area contributed by atoms with Crippen LogP contribution >= 0.6 is 0 Å². The van der Waals surface area contributed by atoms with Crippen molar-refractivity contribution in [3.8, 4) is 0 Å². The molecule has 1 N–H and O–H groups in total. The third-order valence-corrected chi connectivity index (χ3v) is 8.07. The fourth-order valence-electron chi connectivity index (χ4n) is 4.90. The van der Waals surface area contributed by atoms with E-state index in [1.54, 1.807) is 30.3 Å². The summed E-state index contributed by atoms with van der Waals surface area (Å²) in [6.45, 7) is 1.98. The maximum Gasteiger partial charge on any atom is 0.240 e. The Kier molecular flexibility index (Phi) is 6.39. The molecule has 6 nitrogen and oxygen atoms in total. The smallest absolute Gasteiger partial charge is 0.240 e. The molecule has 0 bridgehead atoms. The van der Waals surface area contributed by atoms with Gasteiger partial charge >= 0.3 is 0 Å². The third kappa shape index (κ3) is 4.86. The van der Waals surface area contributed by atoms with Gasteiger partial charge in [-0.25, -0.2) is 13.1 Å². The normalized spacial score (nSPS) is 18.6. The molecule has 0 spiro atoms. The van der Waals surface area contributed by atoms with Crippen molar-refractivity contribution in [1.82, 2.24) is 4.72 Å². The highest BCUT2D eigenvalue weighted by Gasteiger charge is 2.30. The van der Waals surface area contributed by atoms with Gasteiger partial charge in [0, 0.05) is 43.5 Å². The number of amides is 1. The standard InChI is InChI=1S/C27H29N3O3S/c31-27-13-7-8-16-30(27)24-14-15-26-22(18-24)17-23(20-29(26)19-21-9-3-1-4-10-21)28-34(32,33)25-11-5-2-6-12-25/h1-6,9-12,14-15,18,23,28H,7-8,13,16-17,19-20H2. The van der Waals surface area contributed by atoms with Gasteiger partial charge in [-0.1, -0.05) is 48.5 Å². The molecule has 1 unspecified atom stereocenters. The van der Waals surface area contributed by atoms with Gasteiger partial charge < -0.3 is 9.80 Å². The lowest BCUT2D eigenvalue weighted by Gasteiger charge is -2.37. The average Bonchev–Trinajstić information content (AvgIpc) is 2.85. The zero-order valence-electron chi connectivity index (χ0n) is 19.1. The van der Waals surface area contributed by atoms with Crippen molar-refractivity contribution < 1.29 is 13.2 Å². The summed E-state index contributed by atoms with van der Waals surface area (Å²) in [5.74, 6) is 0.157. The maximum atomic E-state index is 13.1. The van der Waals surface area contributed by atoms with Gasteiger partial charge in [0.05, 0.1) is 4.90 Å². The van der Waals surface area contributed by atoms with Gasteiger partial charge in [-0.2, -0.15) is 0 Å². The van der Waals surface area contributed by atoms with E-state index in [2.05, 4.69) is 33.9 Å². The molecule has 3 aromatic rings. The number of rotatable bonds is 6. The monoisotopic (exact) mass is 475 g/mol. The van der Waals surface area contributed by atoms with Crippen LogP contribution < -0.4 is 14.5 Å². The molecule has 2 aliphatic heterocycles. The first-order valence-electron chi connectivity index (χ1n) is 11.8. The van der Waals surface area contributed by atoms with Crippen molar-refractivity contribution >= 4 is 27.3 Å². The summed E-state index contributed by atoms with van der Waals surface area (Å²) in [7, 11) is -3.64. The van der Waals surface area contributed by atoms with Crippen LogP contribution in [-0.4, -0.2) is 33.5 Å². The molecule has 0 aliphatic carbocycles. The molecule has 1 atom stereocenters. The molecule has 3 aromatic carbocycles. The molecule has 1 saturated heterocycles. The highest BCUT2D eigenvalue weighted by atomic mass is 32.2. The van der Waals surface area contributed by atoms with Gasteiger partial charge in [0.15, 0.2) is 0 Å². The molecule has 5 rings (SSSR count). The highest BCUT2D eigenvalue weighted by Crippen LogP contribution is 2.33. The van der Waals surface area contributed by atoms with Crippen molar-refractivity contribution in [2.45, 2.75) is 43.2 Å². The Hall–Kier alpha value is -3.16. The van der Waals surface area contributed by atoms with Crippen molar-refractivity contribution in [2.24, 2.45) is 0 Å². The Morgan fingerprint density at radius 1 is 0.912 bits per heavy atom. The fraction of sp³-hybridized carbons (Fsp3) is 0.296. The molecule has 0 aromatic heterocycles. The van der Waals surface area contributed by atoms with E-state index < -0.39 is 10.0 Å². The minimum Gasteiger partial charge on any atom is -0.365 e. The Labute approximate surface area is 201 Å². The lowest BCUT2D eigenvalue weighted by Crippen LogP contribution is -2.48. The van der Waals surface area contributed by atoms with Gasteiger partial charge in [0.1, 0.15) is 0 Å². The molecule has 2 heterocycles. The molecule has 2 aliphatic rings. The van der Waals surface area contributed by atoms with E-state index in [1.165, 1.54) is 0 Å². The summed E-state index contributed by atoms with van der Waals surface area (Å²) < 4.78 is 29.0. The molecule has 1 amide bonds. The van der Waals surface area contributed by atoms with Gasteiger partial charge in [-0.3, -0.25) is 4.79 Å². The summed E-state index contributed by atoms with van der Waals surface area (Å²) >= 11 is 0. The minimum absolute atomic E-state index is 0.157. The van der Waals surface area contributed by atoms with Crippen LogP contribution in [0.1, 0.15) is 30.4 Å².